The van der Waals surface area contributed by atoms with Crippen LogP contribution in [0.4, 0.5) is 0 Å². The van der Waals surface area contributed by atoms with Gasteiger partial charge in [0, 0.05) is 25.6 Å². The SMILES string of the molecule is O=C1/C(=C/c2ccccc2)CCCCCC1CN1CCOCC1. The van der Waals surface area contributed by atoms with Crippen LogP contribution in [0.3, 0.4) is 0 Å². The number of rotatable bonds is 3. The van der Waals surface area contributed by atoms with Gasteiger partial charge in [-0.2, -0.15) is 0 Å². The first kappa shape index (κ1) is 16.4. The molecule has 2 aliphatic rings. The van der Waals surface area contributed by atoms with Crippen molar-refractivity contribution in [3.05, 3.63) is 41.5 Å². The van der Waals surface area contributed by atoms with E-state index in [9.17, 15) is 4.79 Å². The van der Waals surface area contributed by atoms with Gasteiger partial charge in [0.25, 0.3) is 0 Å². The molecule has 124 valence electrons. The average Bonchev–Trinajstić information content (AvgIpc) is 2.59. The maximum Gasteiger partial charge on any atom is 0.163 e. The second-order valence-electron chi connectivity index (χ2n) is 6.65. The Morgan fingerprint density at radius 1 is 1.09 bits per heavy atom. The standard InChI is InChI=1S/C20H27NO2/c22-20-18(15-17-7-3-1-4-8-17)9-5-2-6-10-19(20)16-21-11-13-23-14-12-21/h1,3-4,7-8,15,19H,2,5-6,9-14,16H2/b18-15+. The van der Waals surface area contributed by atoms with Gasteiger partial charge in [0.1, 0.15) is 0 Å². The van der Waals surface area contributed by atoms with Crippen LogP contribution in [0.5, 0.6) is 0 Å². The monoisotopic (exact) mass is 313 g/mol. The maximum atomic E-state index is 13.1. The lowest BCUT2D eigenvalue weighted by atomic mass is 9.85. The Hall–Kier alpha value is -1.45. The summed E-state index contributed by atoms with van der Waals surface area (Å²) in [5.41, 5.74) is 2.16. The van der Waals surface area contributed by atoms with Crippen LogP contribution < -0.4 is 0 Å². The number of hydrogen-bond acceptors (Lipinski definition) is 3. The van der Waals surface area contributed by atoms with Gasteiger partial charge in [-0.1, -0.05) is 43.2 Å². The zero-order valence-corrected chi connectivity index (χ0v) is 13.9. The summed E-state index contributed by atoms with van der Waals surface area (Å²) in [5, 5.41) is 0. The van der Waals surface area contributed by atoms with Gasteiger partial charge >= 0.3 is 0 Å². The molecule has 1 aromatic rings. The molecule has 0 N–H and O–H groups in total. The number of morpholine rings is 1. The highest BCUT2D eigenvalue weighted by Gasteiger charge is 2.26. The van der Waals surface area contributed by atoms with E-state index in [0.29, 0.717) is 5.78 Å². The van der Waals surface area contributed by atoms with E-state index in [1.807, 2.05) is 18.2 Å². The van der Waals surface area contributed by atoms with E-state index >= 15 is 0 Å². The van der Waals surface area contributed by atoms with Gasteiger partial charge in [0.2, 0.25) is 0 Å². The van der Waals surface area contributed by atoms with Crippen LogP contribution in [0.1, 0.15) is 37.7 Å². The normalized spacial score (nSPS) is 26.0. The number of carbonyl (C=O) groups is 1. The summed E-state index contributed by atoms with van der Waals surface area (Å²) >= 11 is 0. The zero-order valence-electron chi connectivity index (χ0n) is 13.9. The van der Waals surface area contributed by atoms with Crippen LogP contribution >= 0.6 is 0 Å². The van der Waals surface area contributed by atoms with Gasteiger partial charge in [-0.05, 0) is 36.5 Å². The van der Waals surface area contributed by atoms with Gasteiger partial charge in [0.15, 0.2) is 5.78 Å². The highest BCUT2D eigenvalue weighted by atomic mass is 16.5. The van der Waals surface area contributed by atoms with Crippen LogP contribution in [0, 0.1) is 5.92 Å². The topological polar surface area (TPSA) is 29.5 Å². The Morgan fingerprint density at radius 2 is 1.87 bits per heavy atom. The van der Waals surface area contributed by atoms with E-state index < -0.39 is 0 Å². The van der Waals surface area contributed by atoms with Crippen molar-refractivity contribution < 1.29 is 9.53 Å². The number of hydrogen-bond donors (Lipinski definition) is 0. The van der Waals surface area contributed by atoms with E-state index in [0.717, 1.165) is 63.2 Å². The molecule has 2 fully saturated rings. The highest BCUT2D eigenvalue weighted by molar-refractivity contribution is 6.01. The zero-order chi connectivity index (χ0) is 15.9. The summed E-state index contributed by atoms with van der Waals surface area (Å²) in [5.74, 6) is 0.531. The molecule has 1 aliphatic carbocycles. The smallest absolute Gasteiger partial charge is 0.163 e. The molecule has 3 heteroatoms. The number of nitrogens with zero attached hydrogens (tertiary/aromatic N) is 1. The number of ether oxygens (including phenoxy) is 1. The lowest BCUT2D eigenvalue weighted by Crippen LogP contribution is -2.41. The molecule has 1 aromatic carbocycles. The Balaban J connectivity index is 1.73. The van der Waals surface area contributed by atoms with Gasteiger partial charge in [-0.15, -0.1) is 0 Å². The van der Waals surface area contributed by atoms with Crippen molar-refractivity contribution in [2.75, 3.05) is 32.8 Å². The van der Waals surface area contributed by atoms with E-state index in [-0.39, 0.29) is 5.92 Å². The minimum Gasteiger partial charge on any atom is -0.379 e. The molecular weight excluding hydrogens is 286 g/mol. The quantitative estimate of drug-likeness (QED) is 0.799. The average molecular weight is 313 g/mol. The molecule has 1 atom stereocenters. The second-order valence-corrected chi connectivity index (χ2v) is 6.65. The van der Waals surface area contributed by atoms with Crippen molar-refractivity contribution in [1.29, 1.82) is 0 Å². The van der Waals surface area contributed by atoms with Crippen molar-refractivity contribution in [1.82, 2.24) is 4.90 Å². The van der Waals surface area contributed by atoms with E-state index in [1.54, 1.807) is 0 Å². The van der Waals surface area contributed by atoms with Crippen molar-refractivity contribution in [3.63, 3.8) is 0 Å². The summed E-state index contributed by atoms with van der Waals surface area (Å²) in [6, 6.07) is 10.2. The summed E-state index contributed by atoms with van der Waals surface area (Å²) in [4.78, 5) is 15.4. The number of Topliss-reactive ketones (excluding diaryl/α,β-unsaturated/α-hetero) is 1. The van der Waals surface area contributed by atoms with Crippen molar-refractivity contribution >= 4 is 11.9 Å². The molecule has 1 aliphatic heterocycles. The fraction of sp³-hybridized carbons (Fsp3) is 0.550. The summed E-state index contributed by atoms with van der Waals surface area (Å²) in [6.45, 7) is 4.42. The van der Waals surface area contributed by atoms with Crippen molar-refractivity contribution in [2.45, 2.75) is 32.1 Å². The predicted molar refractivity (Wildman–Crippen MR) is 93.3 cm³/mol. The maximum absolute atomic E-state index is 13.1. The van der Waals surface area contributed by atoms with Gasteiger partial charge in [-0.25, -0.2) is 0 Å². The second kappa shape index (κ2) is 8.42. The van der Waals surface area contributed by atoms with Crippen LogP contribution in [0.2, 0.25) is 0 Å². The molecule has 1 saturated heterocycles. The molecule has 3 rings (SSSR count). The van der Waals surface area contributed by atoms with E-state index in [1.165, 1.54) is 12.8 Å². The third-order valence-corrected chi connectivity index (χ3v) is 4.91. The Kier molecular flexibility index (Phi) is 6.00. The summed E-state index contributed by atoms with van der Waals surface area (Å²) in [6.07, 6.45) is 7.61. The van der Waals surface area contributed by atoms with E-state index in [4.69, 9.17) is 4.74 Å². The molecule has 0 amide bonds. The fourth-order valence-corrected chi connectivity index (χ4v) is 3.56. The van der Waals surface area contributed by atoms with Crippen LogP contribution in [0.15, 0.2) is 35.9 Å². The number of allylic oxidation sites excluding steroid dienone is 1. The highest BCUT2D eigenvalue weighted by Crippen LogP contribution is 2.26. The summed E-state index contributed by atoms with van der Waals surface area (Å²) < 4.78 is 5.42. The number of benzene rings is 1. The minimum absolute atomic E-state index is 0.156. The molecule has 1 heterocycles. The lowest BCUT2D eigenvalue weighted by molar-refractivity contribution is -0.120. The minimum atomic E-state index is 0.156. The molecule has 1 unspecified atom stereocenters. The fourth-order valence-electron chi connectivity index (χ4n) is 3.56. The Morgan fingerprint density at radius 3 is 2.65 bits per heavy atom. The number of ketones is 1. The molecule has 0 aromatic heterocycles. The van der Waals surface area contributed by atoms with Gasteiger partial charge < -0.3 is 4.74 Å². The molecule has 0 bridgehead atoms. The first-order chi connectivity index (χ1) is 11.3. The third kappa shape index (κ3) is 4.76. The Labute approximate surface area is 139 Å². The van der Waals surface area contributed by atoms with Crippen LogP contribution in [-0.4, -0.2) is 43.5 Å². The summed E-state index contributed by atoms with van der Waals surface area (Å²) in [7, 11) is 0. The van der Waals surface area contributed by atoms with Crippen molar-refractivity contribution in [2.24, 2.45) is 5.92 Å². The van der Waals surface area contributed by atoms with Crippen molar-refractivity contribution in [3.8, 4) is 0 Å². The molecule has 1 saturated carbocycles. The molecular formula is C20H27NO2. The lowest BCUT2D eigenvalue weighted by Gasteiger charge is -2.31. The van der Waals surface area contributed by atoms with Gasteiger partial charge in [-0.3, -0.25) is 9.69 Å². The molecule has 0 radical (unpaired) electrons. The van der Waals surface area contributed by atoms with Crippen LogP contribution in [-0.2, 0) is 9.53 Å². The third-order valence-electron chi connectivity index (χ3n) is 4.91. The van der Waals surface area contributed by atoms with Crippen LogP contribution in [0.25, 0.3) is 6.08 Å². The largest absolute Gasteiger partial charge is 0.379 e. The molecule has 23 heavy (non-hydrogen) atoms. The first-order valence-corrected chi connectivity index (χ1v) is 8.93. The van der Waals surface area contributed by atoms with Gasteiger partial charge in [0.05, 0.1) is 13.2 Å². The van der Waals surface area contributed by atoms with E-state index in [2.05, 4.69) is 23.1 Å². The predicted octanol–water partition coefficient (Wildman–Crippen LogP) is 3.55. The first-order valence-electron chi connectivity index (χ1n) is 8.93. The molecule has 0 spiro atoms. The Bertz CT molecular complexity index is 532. The number of carbonyl (C=O) groups excluding carboxylic acids is 1. The molecule has 3 nitrogen and oxygen atoms in total.